The van der Waals surface area contributed by atoms with Crippen LogP contribution in [-0.4, -0.2) is 33.4 Å². The lowest BCUT2D eigenvalue weighted by atomic mass is 9.65. The van der Waals surface area contributed by atoms with Crippen LogP contribution >= 0.6 is 11.8 Å². The summed E-state index contributed by atoms with van der Waals surface area (Å²) in [7, 11) is 0. The molecule has 0 unspecified atom stereocenters. The second-order valence-electron chi connectivity index (χ2n) is 7.29. The second-order valence-corrected chi connectivity index (χ2v) is 8.52. The van der Waals surface area contributed by atoms with Crippen LogP contribution in [-0.2, 0) is 5.41 Å². The number of phenols is 2. The van der Waals surface area contributed by atoms with Gasteiger partial charge in [-0.3, -0.25) is 0 Å². The monoisotopic (exact) mass is 388 g/mol. The highest BCUT2D eigenvalue weighted by Gasteiger charge is 2.35. The summed E-state index contributed by atoms with van der Waals surface area (Å²) in [4.78, 5) is 0. The van der Waals surface area contributed by atoms with E-state index in [1.54, 1.807) is 36.0 Å². The van der Waals surface area contributed by atoms with E-state index in [-0.39, 0.29) is 12.0 Å². The Bertz CT molecular complexity index is 669. The molecule has 2 aromatic carbocycles. The molecular weight excluding hydrogens is 356 g/mol. The van der Waals surface area contributed by atoms with Crippen molar-refractivity contribution < 1.29 is 15.3 Å². The molecule has 0 saturated heterocycles. The molecule has 0 radical (unpaired) electrons. The molecule has 3 N–H and O–H groups in total. The van der Waals surface area contributed by atoms with E-state index in [2.05, 4.69) is 13.8 Å². The van der Waals surface area contributed by atoms with E-state index in [0.717, 1.165) is 37.2 Å². The van der Waals surface area contributed by atoms with Gasteiger partial charge in [-0.05, 0) is 71.7 Å². The molecule has 0 aromatic heterocycles. The van der Waals surface area contributed by atoms with Crippen molar-refractivity contribution in [1.29, 1.82) is 0 Å². The number of rotatable bonds is 11. The number of unbranched alkanes of at least 4 members (excludes halogenated alkanes) is 1. The second kappa shape index (κ2) is 10.6. The Balaban J connectivity index is 2.23. The lowest BCUT2D eigenvalue weighted by Crippen LogP contribution is -2.30. The molecule has 3 nitrogen and oxygen atoms in total. The van der Waals surface area contributed by atoms with Gasteiger partial charge in [0, 0.05) is 5.75 Å². The van der Waals surface area contributed by atoms with Crippen LogP contribution in [0.25, 0.3) is 0 Å². The number of phenolic OH excluding ortho intramolecular Hbond substituents is 2. The number of hydrogen-bond donors (Lipinski definition) is 3. The minimum Gasteiger partial charge on any atom is -0.508 e. The third-order valence-corrected chi connectivity index (χ3v) is 6.64. The van der Waals surface area contributed by atoms with Crippen LogP contribution in [0.1, 0.15) is 56.6 Å². The van der Waals surface area contributed by atoms with Gasteiger partial charge in [-0.2, -0.15) is 11.8 Å². The van der Waals surface area contributed by atoms with E-state index in [1.165, 1.54) is 11.1 Å². The Morgan fingerprint density at radius 3 is 2.04 bits per heavy atom. The van der Waals surface area contributed by atoms with Crippen molar-refractivity contribution in [3.8, 4) is 11.5 Å². The molecule has 4 heteroatoms. The third kappa shape index (κ3) is 5.91. The molecule has 0 heterocycles. The summed E-state index contributed by atoms with van der Waals surface area (Å²) < 4.78 is 0. The summed E-state index contributed by atoms with van der Waals surface area (Å²) in [5.74, 6) is 2.79. The minimum atomic E-state index is -0.0527. The Kier molecular flexibility index (Phi) is 8.52. The quantitative estimate of drug-likeness (QED) is 0.448. The van der Waals surface area contributed by atoms with Gasteiger partial charge >= 0.3 is 0 Å². The maximum Gasteiger partial charge on any atom is 0.115 e. The first-order valence-electron chi connectivity index (χ1n) is 9.78. The van der Waals surface area contributed by atoms with E-state index < -0.39 is 0 Å². The lowest BCUT2D eigenvalue weighted by molar-refractivity contribution is 0.322. The first kappa shape index (κ1) is 21.6. The topological polar surface area (TPSA) is 60.7 Å². The summed E-state index contributed by atoms with van der Waals surface area (Å²) in [6.45, 7) is 4.77. The smallest absolute Gasteiger partial charge is 0.115 e. The Labute approximate surface area is 167 Å². The summed E-state index contributed by atoms with van der Waals surface area (Å²) >= 11 is 1.80. The molecule has 0 aliphatic carbocycles. The molecule has 0 aliphatic rings. The minimum absolute atomic E-state index is 0.0527. The lowest BCUT2D eigenvalue weighted by Gasteiger charge is -2.38. The number of benzene rings is 2. The van der Waals surface area contributed by atoms with Crippen LogP contribution < -0.4 is 0 Å². The molecular formula is C23H32O3S. The summed E-state index contributed by atoms with van der Waals surface area (Å²) in [6, 6.07) is 15.2. The highest BCUT2D eigenvalue weighted by molar-refractivity contribution is 7.99. The van der Waals surface area contributed by atoms with Gasteiger partial charge < -0.3 is 15.3 Å². The number of thioether (sulfide) groups is 1. The molecule has 0 aliphatic heterocycles. The highest BCUT2D eigenvalue weighted by atomic mass is 32.2. The van der Waals surface area contributed by atoms with E-state index in [0.29, 0.717) is 17.4 Å². The van der Waals surface area contributed by atoms with Gasteiger partial charge in [0.2, 0.25) is 0 Å². The van der Waals surface area contributed by atoms with E-state index in [1.807, 2.05) is 24.3 Å². The predicted molar refractivity (Wildman–Crippen MR) is 115 cm³/mol. The zero-order chi connectivity index (χ0) is 19.7. The SMILES string of the molecule is CC[C@@](C)(c1ccc(O)cc1)[C@H](CCCCSCCO)c1ccc(O)cc1. The van der Waals surface area contributed by atoms with Gasteiger partial charge in [-0.1, -0.05) is 44.5 Å². The average Bonchev–Trinajstić information content (AvgIpc) is 2.68. The van der Waals surface area contributed by atoms with Gasteiger partial charge in [0.25, 0.3) is 0 Å². The maximum absolute atomic E-state index is 9.69. The first-order chi connectivity index (χ1) is 13.0. The van der Waals surface area contributed by atoms with E-state index >= 15 is 0 Å². The van der Waals surface area contributed by atoms with Crippen molar-refractivity contribution in [3.05, 3.63) is 59.7 Å². The van der Waals surface area contributed by atoms with Crippen molar-refractivity contribution in [2.24, 2.45) is 0 Å². The van der Waals surface area contributed by atoms with E-state index in [9.17, 15) is 10.2 Å². The molecule has 2 aromatic rings. The zero-order valence-electron chi connectivity index (χ0n) is 16.4. The molecule has 2 rings (SSSR count). The molecule has 0 bridgehead atoms. The van der Waals surface area contributed by atoms with Crippen molar-refractivity contribution in [2.45, 2.75) is 50.9 Å². The fraction of sp³-hybridized carbons (Fsp3) is 0.478. The summed E-state index contributed by atoms with van der Waals surface area (Å²) in [5, 5.41) is 28.3. The van der Waals surface area contributed by atoms with Crippen LogP contribution in [0.15, 0.2) is 48.5 Å². The Morgan fingerprint density at radius 2 is 1.48 bits per heavy atom. The van der Waals surface area contributed by atoms with Crippen molar-refractivity contribution in [1.82, 2.24) is 0 Å². The maximum atomic E-state index is 9.69. The predicted octanol–water partition coefficient (Wildman–Crippen LogP) is 5.45. The molecule has 0 spiro atoms. The summed E-state index contributed by atoms with van der Waals surface area (Å²) in [6.07, 6.45) is 4.31. The van der Waals surface area contributed by atoms with E-state index in [4.69, 9.17) is 5.11 Å². The van der Waals surface area contributed by atoms with Gasteiger partial charge in [0.05, 0.1) is 6.61 Å². The molecule has 0 fully saturated rings. The van der Waals surface area contributed by atoms with Gasteiger partial charge in [0.1, 0.15) is 11.5 Å². The number of aromatic hydroxyl groups is 2. The van der Waals surface area contributed by atoms with Crippen molar-refractivity contribution in [2.75, 3.05) is 18.1 Å². The zero-order valence-corrected chi connectivity index (χ0v) is 17.2. The highest BCUT2D eigenvalue weighted by Crippen LogP contribution is 2.45. The fourth-order valence-electron chi connectivity index (χ4n) is 3.77. The largest absolute Gasteiger partial charge is 0.508 e. The fourth-order valence-corrected chi connectivity index (χ4v) is 4.51. The first-order valence-corrected chi connectivity index (χ1v) is 10.9. The average molecular weight is 389 g/mol. The van der Waals surface area contributed by atoms with Crippen LogP contribution in [0.2, 0.25) is 0 Å². The van der Waals surface area contributed by atoms with Crippen molar-refractivity contribution in [3.63, 3.8) is 0 Å². The van der Waals surface area contributed by atoms with Gasteiger partial charge in [0.15, 0.2) is 0 Å². The molecule has 2 atom stereocenters. The number of hydrogen-bond acceptors (Lipinski definition) is 4. The Morgan fingerprint density at radius 1 is 0.889 bits per heavy atom. The standard InChI is InChI=1S/C23H32O3S/c1-3-23(2,19-9-13-21(26)14-10-19)22(6-4-5-16-27-17-15-24)18-7-11-20(25)12-8-18/h7-14,22,24-26H,3-6,15-17H2,1-2H3/t22-,23+/m1/s1. The molecule has 0 saturated carbocycles. The number of aliphatic hydroxyl groups is 1. The Hall–Kier alpha value is -1.65. The van der Waals surface area contributed by atoms with Crippen LogP contribution in [0.5, 0.6) is 11.5 Å². The normalized spacial score (nSPS) is 14.6. The molecule has 27 heavy (non-hydrogen) atoms. The molecule has 0 amide bonds. The van der Waals surface area contributed by atoms with Gasteiger partial charge in [-0.25, -0.2) is 0 Å². The van der Waals surface area contributed by atoms with Crippen LogP contribution in [0.3, 0.4) is 0 Å². The summed E-state index contributed by atoms with van der Waals surface area (Å²) in [5.41, 5.74) is 2.42. The van der Waals surface area contributed by atoms with Crippen LogP contribution in [0.4, 0.5) is 0 Å². The van der Waals surface area contributed by atoms with Crippen LogP contribution in [0, 0.1) is 0 Å². The van der Waals surface area contributed by atoms with Gasteiger partial charge in [-0.15, -0.1) is 0 Å². The third-order valence-electron chi connectivity index (χ3n) is 5.59. The number of aliphatic hydroxyl groups excluding tert-OH is 1. The molecule has 148 valence electrons. The van der Waals surface area contributed by atoms with Crippen molar-refractivity contribution >= 4 is 11.8 Å².